The Morgan fingerprint density at radius 1 is 1.20 bits per heavy atom. The van der Waals surface area contributed by atoms with Crippen molar-refractivity contribution in [3.63, 3.8) is 0 Å². The van der Waals surface area contributed by atoms with Crippen LogP contribution in [0.25, 0.3) is 0 Å². The lowest BCUT2D eigenvalue weighted by molar-refractivity contribution is 0.0658. The van der Waals surface area contributed by atoms with Gasteiger partial charge in [0.15, 0.2) is 5.89 Å². The van der Waals surface area contributed by atoms with Crippen LogP contribution in [-0.2, 0) is 0 Å². The van der Waals surface area contributed by atoms with Crippen molar-refractivity contribution in [2.24, 2.45) is 0 Å². The lowest BCUT2D eigenvalue weighted by Crippen LogP contribution is -1.98. The second kappa shape index (κ2) is 4.20. The molecule has 4 nitrogen and oxygen atoms in total. The second-order valence-corrected chi connectivity index (χ2v) is 5.71. The Hall–Kier alpha value is -2.10. The van der Waals surface area contributed by atoms with E-state index < -0.39 is 5.97 Å². The molecule has 0 bridgehead atoms. The van der Waals surface area contributed by atoms with Gasteiger partial charge in [0.1, 0.15) is 0 Å². The van der Waals surface area contributed by atoms with Crippen molar-refractivity contribution >= 4 is 5.97 Å². The maximum Gasteiger partial charge on any atom is 0.373 e. The van der Waals surface area contributed by atoms with Crippen molar-refractivity contribution in [2.75, 3.05) is 0 Å². The number of carboxylic acids is 1. The first kappa shape index (κ1) is 11.7. The molecule has 4 rings (SSSR count). The lowest BCUT2D eigenvalue weighted by atomic mass is 10.1. The van der Waals surface area contributed by atoms with Gasteiger partial charge in [-0.2, -0.15) is 0 Å². The maximum absolute atomic E-state index is 11.2. The average Bonchev–Trinajstić information content (AvgIpc) is 3.38. The van der Waals surface area contributed by atoms with Crippen LogP contribution in [0.15, 0.2) is 34.7 Å². The summed E-state index contributed by atoms with van der Waals surface area (Å²) < 4.78 is 5.54. The molecule has 0 saturated heterocycles. The molecule has 0 aliphatic heterocycles. The first-order chi connectivity index (χ1) is 9.74. The van der Waals surface area contributed by atoms with Gasteiger partial charge < -0.3 is 9.52 Å². The van der Waals surface area contributed by atoms with Gasteiger partial charge in [-0.05, 0) is 30.7 Å². The summed E-state index contributed by atoms with van der Waals surface area (Å²) in [7, 11) is 0. The second-order valence-electron chi connectivity index (χ2n) is 5.71. The van der Waals surface area contributed by atoms with Crippen LogP contribution in [0, 0.1) is 0 Å². The van der Waals surface area contributed by atoms with Gasteiger partial charge >= 0.3 is 5.97 Å². The summed E-state index contributed by atoms with van der Waals surface area (Å²) >= 11 is 0. The number of oxazole rings is 1. The molecule has 2 atom stereocenters. The number of carboxylic acid groups (broad SMARTS) is 1. The van der Waals surface area contributed by atoms with Crippen LogP contribution in [0.2, 0.25) is 0 Å². The van der Waals surface area contributed by atoms with Gasteiger partial charge in [0, 0.05) is 11.8 Å². The number of benzene rings is 1. The molecule has 0 spiro atoms. The van der Waals surface area contributed by atoms with Gasteiger partial charge in [0.25, 0.3) is 0 Å². The third-order valence-corrected chi connectivity index (χ3v) is 4.16. The number of aromatic carboxylic acids is 1. The zero-order valence-electron chi connectivity index (χ0n) is 11.0. The SMILES string of the molecule is O=C(O)c1oc(C2CC2c2ccccc2)nc1C1CC1. The van der Waals surface area contributed by atoms with Gasteiger partial charge in [0.05, 0.1) is 5.69 Å². The van der Waals surface area contributed by atoms with E-state index in [0.29, 0.717) is 23.4 Å². The van der Waals surface area contributed by atoms with E-state index in [9.17, 15) is 9.90 Å². The quantitative estimate of drug-likeness (QED) is 0.922. The van der Waals surface area contributed by atoms with E-state index >= 15 is 0 Å². The molecular weight excluding hydrogens is 254 g/mol. The van der Waals surface area contributed by atoms with Crippen LogP contribution in [0.5, 0.6) is 0 Å². The number of hydrogen-bond donors (Lipinski definition) is 1. The zero-order valence-corrected chi connectivity index (χ0v) is 11.0. The maximum atomic E-state index is 11.2. The van der Waals surface area contributed by atoms with Gasteiger partial charge in [-0.15, -0.1) is 0 Å². The van der Waals surface area contributed by atoms with E-state index in [0.717, 1.165) is 19.3 Å². The Kier molecular flexibility index (Phi) is 2.46. The molecule has 20 heavy (non-hydrogen) atoms. The molecule has 102 valence electrons. The smallest absolute Gasteiger partial charge is 0.373 e. The Balaban J connectivity index is 1.61. The van der Waals surface area contributed by atoms with Gasteiger partial charge in [0.2, 0.25) is 5.76 Å². The number of rotatable bonds is 4. The molecule has 1 aromatic carbocycles. The number of hydrogen-bond acceptors (Lipinski definition) is 3. The Morgan fingerprint density at radius 3 is 2.60 bits per heavy atom. The van der Waals surface area contributed by atoms with E-state index in [1.807, 2.05) is 18.2 Å². The zero-order chi connectivity index (χ0) is 13.7. The lowest BCUT2D eigenvalue weighted by Gasteiger charge is -1.96. The Morgan fingerprint density at radius 2 is 1.95 bits per heavy atom. The fourth-order valence-electron chi connectivity index (χ4n) is 2.83. The Labute approximate surface area is 116 Å². The predicted molar refractivity (Wildman–Crippen MR) is 72.0 cm³/mol. The number of aromatic nitrogens is 1. The summed E-state index contributed by atoms with van der Waals surface area (Å²) in [6.07, 6.45) is 3.05. The molecule has 2 aromatic rings. The average molecular weight is 269 g/mol. The predicted octanol–water partition coefficient (Wildman–Crippen LogP) is 3.52. The van der Waals surface area contributed by atoms with Crippen molar-refractivity contribution in [1.82, 2.24) is 4.98 Å². The summed E-state index contributed by atoms with van der Waals surface area (Å²) in [5, 5.41) is 9.21. The fraction of sp³-hybridized carbons (Fsp3) is 0.375. The highest BCUT2D eigenvalue weighted by atomic mass is 16.4. The highest BCUT2D eigenvalue weighted by Gasteiger charge is 2.45. The highest BCUT2D eigenvalue weighted by molar-refractivity contribution is 5.86. The van der Waals surface area contributed by atoms with E-state index in [1.165, 1.54) is 5.56 Å². The molecule has 2 aliphatic carbocycles. The standard InChI is InChI=1S/C16H15NO3/c18-16(19)14-13(10-6-7-10)17-15(20-14)12-8-11(12)9-4-2-1-3-5-9/h1-5,10-12H,6-8H2,(H,18,19). The normalized spacial score (nSPS) is 24.6. The van der Waals surface area contributed by atoms with Crippen LogP contribution in [0.3, 0.4) is 0 Å². The summed E-state index contributed by atoms with van der Waals surface area (Å²) in [6.45, 7) is 0. The topological polar surface area (TPSA) is 63.3 Å². The van der Waals surface area contributed by atoms with Crippen LogP contribution in [0.1, 0.15) is 64.7 Å². The van der Waals surface area contributed by atoms with Crippen molar-refractivity contribution in [3.05, 3.63) is 53.2 Å². The number of carbonyl (C=O) groups is 1. The molecule has 4 heteroatoms. The van der Waals surface area contributed by atoms with Gasteiger partial charge in [-0.25, -0.2) is 9.78 Å². The van der Waals surface area contributed by atoms with E-state index in [-0.39, 0.29) is 11.7 Å². The largest absolute Gasteiger partial charge is 0.475 e. The summed E-state index contributed by atoms with van der Waals surface area (Å²) in [5.74, 6) is 0.626. The molecule has 2 fully saturated rings. The van der Waals surface area contributed by atoms with E-state index in [2.05, 4.69) is 17.1 Å². The molecule has 1 heterocycles. The van der Waals surface area contributed by atoms with Crippen molar-refractivity contribution < 1.29 is 14.3 Å². The van der Waals surface area contributed by atoms with Crippen molar-refractivity contribution in [1.29, 1.82) is 0 Å². The van der Waals surface area contributed by atoms with Crippen LogP contribution in [-0.4, -0.2) is 16.1 Å². The molecule has 2 unspecified atom stereocenters. The van der Waals surface area contributed by atoms with Crippen LogP contribution < -0.4 is 0 Å². The third-order valence-electron chi connectivity index (χ3n) is 4.16. The van der Waals surface area contributed by atoms with Gasteiger partial charge in [-0.1, -0.05) is 30.3 Å². The minimum absolute atomic E-state index is 0.0567. The molecule has 1 aromatic heterocycles. The molecule has 2 saturated carbocycles. The summed E-state index contributed by atoms with van der Waals surface area (Å²) in [6, 6.07) is 10.3. The monoisotopic (exact) mass is 269 g/mol. The fourth-order valence-corrected chi connectivity index (χ4v) is 2.83. The Bertz CT molecular complexity index is 658. The number of nitrogens with zero attached hydrogens (tertiary/aromatic N) is 1. The molecule has 0 amide bonds. The third kappa shape index (κ3) is 1.92. The van der Waals surface area contributed by atoms with E-state index in [4.69, 9.17) is 4.42 Å². The minimum atomic E-state index is -0.998. The van der Waals surface area contributed by atoms with Crippen molar-refractivity contribution in [2.45, 2.75) is 37.0 Å². The van der Waals surface area contributed by atoms with Crippen molar-refractivity contribution in [3.8, 4) is 0 Å². The first-order valence-corrected chi connectivity index (χ1v) is 7.03. The first-order valence-electron chi connectivity index (χ1n) is 7.03. The van der Waals surface area contributed by atoms with Crippen LogP contribution >= 0.6 is 0 Å². The van der Waals surface area contributed by atoms with Crippen LogP contribution in [0.4, 0.5) is 0 Å². The molecular formula is C16H15NO3. The minimum Gasteiger partial charge on any atom is -0.475 e. The van der Waals surface area contributed by atoms with E-state index in [1.54, 1.807) is 0 Å². The molecule has 0 radical (unpaired) electrons. The summed E-state index contributed by atoms with van der Waals surface area (Å²) in [4.78, 5) is 15.7. The summed E-state index contributed by atoms with van der Waals surface area (Å²) in [5.41, 5.74) is 1.94. The van der Waals surface area contributed by atoms with Gasteiger partial charge in [-0.3, -0.25) is 0 Å². The molecule has 2 aliphatic rings. The highest BCUT2D eigenvalue weighted by Crippen LogP contribution is 2.55. The molecule has 1 N–H and O–H groups in total.